The average molecular weight is 415 g/mol. The van der Waals surface area contributed by atoms with Gasteiger partial charge in [-0.1, -0.05) is 71.3 Å². The SMILES string of the molecule is C/C=C(/CCCC(CC)[C@@]1(C)CCC2[C@@H](CC=C3C[C@@H](O)CC[C@@]32C)C1C)C(C)C. The lowest BCUT2D eigenvalue weighted by molar-refractivity contribution is -0.0709. The molecule has 1 nitrogen and oxygen atoms in total. The highest BCUT2D eigenvalue weighted by atomic mass is 16.3. The Morgan fingerprint density at radius 1 is 1.23 bits per heavy atom. The molecule has 0 aromatic heterocycles. The zero-order chi connectivity index (χ0) is 22.1. The van der Waals surface area contributed by atoms with E-state index in [0.717, 1.165) is 36.5 Å². The van der Waals surface area contributed by atoms with Crippen molar-refractivity contribution in [3.05, 3.63) is 23.3 Å². The van der Waals surface area contributed by atoms with Gasteiger partial charge in [0.15, 0.2) is 0 Å². The minimum Gasteiger partial charge on any atom is -0.393 e. The van der Waals surface area contributed by atoms with Crippen LogP contribution in [0.3, 0.4) is 0 Å². The Labute approximate surface area is 187 Å². The van der Waals surface area contributed by atoms with Gasteiger partial charge in [-0.2, -0.15) is 0 Å². The van der Waals surface area contributed by atoms with Gasteiger partial charge < -0.3 is 5.11 Å². The van der Waals surface area contributed by atoms with E-state index in [4.69, 9.17) is 0 Å². The van der Waals surface area contributed by atoms with E-state index >= 15 is 0 Å². The van der Waals surface area contributed by atoms with Crippen molar-refractivity contribution in [1.82, 2.24) is 0 Å². The van der Waals surface area contributed by atoms with Crippen molar-refractivity contribution in [2.75, 3.05) is 0 Å². The lowest BCUT2D eigenvalue weighted by atomic mass is 9.45. The van der Waals surface area contributed by atoms with Crippen LogP contribution in [0.5, 0.6) is 0 Å². The van der Waals surface area contributed by atoms with Crippen molar-refractivity contribution >= 4 is 0 Å². The molecule has 0 aromatic rings. The minimum atomic E-state index is -0.0930. The smallest absolute Gasteiger partial charge is 0.0577 e. The van der Waals surface area contributed by atoms with Crippen molar-refractivity contribution in [1.29, 1.82) is 0 Å². The van der Waals surface area contributed by atoms with Gasteiger partial charge in [-0.25, -0.2) is 0 Å². The molecule has 0 heterocycles. The number of hydrogen-bond donors (Lipinski definition) is 1. The molecule has 172 valence electrons. The number of hydrogen-bond acceptors (Lipinski definition) is 1. The van der Waals surface area contributed by atoms with Gasteiger partial charge in [-0.3, -0.25) is 0 Å². The normalized spacial score (nSPS) is 40.6. The molecule has 3 aliphatic carbocycles. The number of rotatable bonds is 7. The summed E-state index contributed by atoms with van der Waals surface area (Å²) in [4.78, 5) is 0. The van der Waals surface area contributed by atoms with E-state index in [2.05, 4.69) is 60.6 Å². The van der Waals surface area contributed by atoms with Crippen LogP contribution >= 0.6 is 0 Å². The van der Waals surface area contributed by atoms with Gasteiger partial charge in [-0.15, -0.1) is 0 Å². The molecule has 0 spiro atoms. The van der Waals surface area contributed by atoms with Gasteiger partial charge in [0.1, 0.15) is 0 Å². The van der Waals surface area contributed by atoms with Crippen molar-refractivity contribution in [3.8, 4) is 0 Å². The molecule has 0 aliphatic heterocycles. The molecule has 2 fully saturated rings. The Morgan fingerprint density at radius 2 is 1.97 bits per heavy atom. The summed E-state index contributed by atoms with van der Waals surface area (Å²) in [5.74, 6) is 4.02. The maximum atomic E-state index is 10.2. The van der Waals surface area contributed by atoms with Gasteiger partial charge in [0.2, 0.25) is 0 Å². The van der Waals surface area contributed by atoms with E-state index in [-0.39, 0.29) is 6.10 Å². The summed E-state index contributed by atoms with van der Waals surface area (Å²) in [6.45, 7) is 17.1. The maximum Gasteiger partial charge on any atom is 0.0577 e. The van der Waals surface area contributed by atoms with Crippen molar-refractivity contribution < 1.29 is 5.11 Å². The molecule has 3 rings (SSSR count). The molecule has 0 bridgehead atoms. The van der Waals surface area contributed by atoms with Crippen molar-refractivity contribution in [2.24, 2.45) is 40.4 Å². The first kappa shape index (κ1) is 24.1. The molecule has 3 unspecified atom stereocenters. The summed E-state index contributed by atoms with van der Waals surface area (Å²) >= 11 is 0. The summed E-state index contributed by atoms with van der Waals surface area (Å²) in [7, 11) is 0. The molecular weight excluding hydrogens is 364 g/mol. The van der Waals surface area contributed by atoms with Crippen LogP contribution in [0.25, 0.3) is 0 Å². The van der Waals surface area contributed by atoms with Crippen LogP contribution in [-0.2, 0) is 0 Å². The molecular formula is C29H50O. The third-order valence-electron chi connectivity index (χ3n) is 10.4. The molecule has 1 N–H and O–H groups in total. The summed E-state index contributed by atoms with van der Waals surface area (Å²) in [5.41, 5.74) is 4.08. The van der Waals surface area contributed by atoms with Crippen LogP contribution in [0, 0.1) is 40.4 Å². The largest absolute Gasteiger partial charge is 0.393 e. The molecule has 7 atom stereocenters. The number of aliphatic hydroxyl groups excluding tert-OH is 1. The third kappa shape index (κ3) is 4.35. The second-order valence-corrected chi connectivity index (χ2v) is 11.9. The Hall–Kier alpha value is -0.560. The van der Waals surface area contributed by atoms with Gasteiger partial charge in [0.05, 0.1) is 6.10 Å². The molecule has 30 heavy (non-hydrogen) atoms. The standard InChI is InChI=1S/C29H50O/c1-8-22(20(3)4)11-10-12-23(9-2)28(6)18-16-27-26(21(28)5)14-13-24-19-25(30)15-17-29(24,27)7/h8,13,20-21,23,25-27,30H,9-12,14-19H2,1-7H3/b22-8-/t21?,23?,25-,26-,27?,28-,29-/m0/s1. The Kier molecular flexibility index (Phi) is 7.64. The van der Waals surface area contributed by atoms with Crippen LogP contribution in [0.15, 0.2) is 23.3 Å². The summed E-state index contributed by atoms with van der Waals surface area (Å²) in [6.07, 6.45) is 17.4. The number of fused-ring (bicyclic) bond motifs is 3. The van der Waals surface area contributed by atoms with E-state index in [1.54, 1.807) is 11.1 Å². The molecule has 1 heteroatoms. The first-order chi connectivity index (χ1) is 14.2. The van der Waals surface area contributed by atoms with Crippen LogP contribution < -0.4 is 0 Å². The van der Waals surface area contributed by atoms with Crippen LogP contribution in [0.4, 0.5) is 0 Å². The average Bonchev–Trinajstić information content (AvgIpc) is 2.71. The van der Waals surface area contributed by atoms with E-state index in [1.165, 1.54) is 51.4 Å². The predicted molar refractivity (Wildman–Crippen MR) is 130 cm³/mol. The Bertz CT molecular complexity index is 643. The highest BCUT2D eigenvalue weighted by Crippen LogP contribution is 2.63. The van der Waals surface area contributed by atoms with Crippen LogP contribution in [0.2, 0.25) is 0 Å². The topological polar surface area (TPSA) is 20.2 Å². The third-order valence-corrected chi connectivity index (χ3v) is 10.4. The lowest BCUT2D eigenvalue weighted by Gasteiger charge is -2.59. The molecule has 0 aromatic carbocycles. The fourth-order valence-electron chi connectivity index (χ4n) is 8.03. The first-order valence-electron chi connectivity index (χ1n) is 13.2. The lowest BCUT2D eigenvalue weighted by Crippen LogP contribution is -2.51. The van der Waals surface area contributed by atoms with Gasteiger partial charge in [0, 0.05) is 0 Å². The highest BCUT2D eigenvalue weighted by Gasteiger charge is 2.54. The summed E-state index contributed by atoms with van der Waals surface area (Å²) in [6, 6.07) is 0. The fraction of sp³-hybridized carbons (Fsp3) is 0.862. The summed E-state index contributed by atoms with van der Waals surface area (Å²) in [5, 5.41) is 10.2. The van der Waals surface area contributed by atoms with Gasteiger partial charge in [-0.05, 0) is 105 Å². The Balaban J connectivity index is 1.72. The molecule has 0 radical (unpaired) electrons. The molecule has 2 saturated carbocycles. The quantitative estimate of drug-likeness (QED) is 0.415. The van der Waals surface area contributed by atoms with Crippen molar-refractivity contribution in [2.45, 2.75) is 119 Å². The maximum absolute atomic E-state index is 10.2. The molecule has 0 amide bonds. The van der Waals surface area contributed by atoms with E-state index in [1.807, 2.05) is 0 Å². The van der Waals surface area contributed by atoms with Crippen LogP contribution in [-0.4, -0.2) is 11.2 Å². The second-order valence-electron chi connectivity index (χ2n) is 11.9. The van der Waals surface area contributed by atoms with Crippen molar-refractivity contribution in [3.63, 3.8) is 0 Å². The van der Waals surface area contributed by atoms with E-state index in [0.29, 0.717) is 16.7 Å². The Morgan fingerprint density at radius 3 is 2.60 bits per heavy atom. The zero-order valence-electron chi connectivity index (χ0n) is 21.1. The number of allylic oxidation sites excluding steroid dienone is 3. The van der Waals surface area contributed by atoms with Gasteiger partial charge >= 0.3 is 0 Å². The minimum absolute atomic E-state index is 0.0930. The van der Waals surface area contributed by atoms with Crippen LogP contribution in [0.1, 0.15) is 113 Å². The van der Waals surface area contributed by atoms with Gasteiger partial charge in [0.25, 0.3) is 0 Å². The molecule has 0 saturated heterocycles. The zero-order valence-corrected chi connectivity index (χ0v) is 21.1. The monoisotopic (exact) mass is 414 g/mol. The molecule has 3 aliphatic rings. The highest BCUT2D eigenvalue weighted by molar-refractivity contribution is 5.24. The van der Waals surface area contributed by atoms with E-state index < -0.39 is 0 Å². The second kappa shape index (κ2) is 9.51. The van der Waals surface area contributed by atoms with E-state index in [9.17, 15) is 5.11 Å². The summed E-state index contributed by atoms with van der Waals surface area (Å²) < 4.78 is 0. The fourth-order valence-corrected chi connectivity index (χ4v) is 8.03. The predicted octanol–water partition coefficient (Wildman–Crippen LogP) is 8.34. The first-order valence-corrected chi connectivity index (χ1v) is 13.2. The number of aliphatic hydroxyl groups is 1.